The Bertz CT molecular complexity index is 1080. The van der Waals surface area contributed by atoms with Crippen molar-refractivity contribution >= 4 is 27.6 Å². The fraction of sp³-hybridized carbons (Fsp3) is 0.261. The van der Waals surface area contributed by atoms with E-state index in [1.165, 1.54) is 11.3 Å². The molecule has 3 aromatic rings. The van der Waals surface area contributed by atoms with Crippen LogP contribution in [0, 0.1) is 0 Å². The topological polar surface area (TPSA) is 81.7 Å². The highest BCUT2D eigenvalue weighted by molar-refractivity contribution is 7.97. The third kappa shape index (κ3) is 5.04. The van der Waals surface area contributed by atoms with Crippen molar-refractivity contribution in [2.75, 3.05) is 20.2 Å². The second kappa shape index (κ2) is 9.32. The van der Waals surface area contributed by atoms with E-state index in [-0.39, 0.29) is 11.9 Å². The minimum absolute atomic E-state index is 0.0308. The van der Waals surface area contributed by atoms with Crippen LogP contribution >= 0.6 is 11.3 Å². The number of nitrogens with one attached hydrogen (secondary N) is 1. The van der Waals surface area contributed by atoms with Crippen molar-refractivity contribution < 1.29 is 18.3 Å². The molecule has 4 rings (SSSR count). The first kappa shape index (κ1) is 21.7. The summed E-state index contributed by atoms with van der Waals surface area (Å²) in [6.45, 7) is 1.04. The molecule has 1 unspecified atom stereocenters. The lowest BCUT2D eigenvalue weighted by Gasteiger charge is -2.32. The van der Waals surface area contributed by atoms with Crippen LogP contribution < -0.4 is 9.46 Å². The number of thiophene rings is 1. The first-order chi connectivity index (χ1) is 15.0. The fourth-order valence-corrected chi connectivity index (χ4v) is 6.00. The van der Waals surface area contributed by atoms with Crippen LogP contribution in [0.1, 0.15) is 23.2 Å². The van der Waals surface area contributed by atoms with Gasteiger partial charge in [-0.2, -0.15) is 0 Å². The number of nitrogens with zero attached hydrogens (tertiary/aromatic N) is 1. The number of carbonyl (C=O) groups is 1. The summed E-state index contributed by atoms with van der Waals surface area (Å²) in [5, 5.41) is 1.75. The summed E-state index contributed by atoms with van der Waals surface area (Å²) in [6, 6.07) is 18.5. The molecular weight excluding hydrogens is 432 g/mol. The lowest BCUT2D eigenvalue weighted by molar-refractivity contribution is 0.0711. The monoisotopic (exact) mass is 456 g/mol. The van der Waals surface area contributed by atoms with Gasteiger partial charge in [0.25, 0.3) is 5.91 Å². The van der Waals surface area contributed by atoms with Crippen LogP contribution in [-0.2, 0) is 14.6 Å². The van der Waals surface area contributed by atoms with Gasteiger partial charge < -0.3 is 14.2 Å². The minimum atomic E-state index is -3.49. The van der Waals surface area contributed by atoms with Crippen LogP contribution in [0.4, 0.5) is 0 Å². The van der Waals surface area contributed by atoms with Crippen molar-refractivity contribution in [3.63, 3.8) is 0 Å². The van der Waals surface area contributed by atoms with Gasteiger partial charge in [0.1, 0.15) is 5.75 Å². The highest BCUT2D eigenvalue weighted by Crippen LogP contribution is 2.25. The standard InChI is InChI=1S/C23H24N2O4S2/c1-29-21-5-2-4-19(16-21)17-7-9-18(10-8-17)23(26)25-13-11-20(12-14-25)24-31(27,28)22-6-3-15-30-22/h2-10,15-16,20H,11-14H2,1H3,(H-,24,27,28). The predicted molar refractivity (Wildman–Crippen MR) is 122 cm³/mol. The van der Waals surface area contributed by atoms with Crippen LogP contribution in [0.25, 0.3) is 11.1 Å². The van der Waals surface area contributed by atoms with Crippen LogP contribution in [-0.4, -0.2) is 41.6 Å². The number of methoxy groups -OCH3 is 1. The van der Waals surface area contributed by atoms with Gasteiger partial charge in [-0.1, -0.05) is 39.8 Å². The van der Waals surface area contributed by atoms with Gasteiger partial charge in [0.2, 0.25) is 4.21 Å². The molecule has 2 heterocycles. The predicted octanol–water partition coefficient (Wildman–Crippen LogP) is 4.22. The van der Waals surface area contributed by atoms with Crippen molar-refractivity contribution in [1.29, 1.82) is 0 Å². The summed E-state index contributed by atoms with van der Waals surface area (Å²) in [5.41, 5.74) is 2.67. The van der Waals surface area contributed by atoms with Gasteiger partial charge in [-0.05, 0) is 59.7 Å². The zero-order chi connectivity index (χ0) is 21.8. The summed E-state index contributed by atoms with van der Waals surface area (Å²) in [5.74, 6) is 0.756. The first-order valence-electron chi connectivity index (χ1n) is 10.1. The van der Waals surface area contributed by atoms with Crippen molar-refractivity contribution in [2.45, 2.75) is 23.1 Å². The van der Waals surface area contributed by atoms with Gasteiger partial charge in [-0.3, -0.25) is 4.79 Å². The van der Waals surface area contributed by atoms with E-state index in [0.717, 1.165) is 16.9 Å². The van der Waals surface area contributed by atoms with E-state index >= 15 is 0 Å². The van der Waals surface area contributed by atoms with E-state index in [1.54, 1.807) is 29.5 Å². The molecule has 1 fully saturated rings. The number of hydrogen-bond donors (Lipinski definition) is 1. The number of benzene rings is 2. The lowest BCUT2D eigenvalue weighted by atomic mass is 10.0. The first-order valence-corrected chi connectivity index (χ1v) is 12.4. The molecule has 162 valence electrons. The van der Waals surface area contributed by atoms with Gasteiger partial charge in [-0.15, -0.1) is 4.72 Å². The van der Waals surface area contributed by atoms with E-state index in [1.807, 2.05) is 48.5 Å². The number of sulfonamides is 1. The van der Waals surface area contributed by atoms with Crippen molar-refractivity contribution in [3.05, 3.63) is 71.6 Å². The van der Waals surface area contributed by atoms with Gasteiger partial charge in [0, 0.05) is 24.7 Å². The van der Waals surface area contributed by atoms with Crippen LogP contribution in [0.15, 0.2) is 70.3 Å². The smallest absolute Gasteiger partial charge is 0.253 e. The average molecular weight is 457 g/mol. The normalized spacial score (nSPS) is 16.6. The van der Waals surface area contributed by atoms with Gasteiger partial charge in [0.05, 0.1) is 13.2 Å². The maximum Gasteiger partial charge on any atom is 0.253 e. The molecule has 1 N–H and O–H groups in total. The molecule has 0 saturated carbocycles. The average Bonchev–Trinajstić information content (AvgIpc) is 3.35. The molecular formula is C23H24N2O4S2. The van der Waals surface area contributed by atoms with E-state index < -0.39 is 10.4 Å². The molecule has 6 nitrogen and oxygen atoms in total. The second-order valence-corrected chi connectivity index (χ2v) is 10.3. The maximum absolute atomic E-state index is 12.9. The molecule has 8 heteroatoms. The second-order valence-electron chi connectivity index (χ2n) is 7.43. The van der Waals surface area contributed by atoms with Crippen LogP contribution in [0.2, 0.25) is 0 Å². The number of amides is 1. The highest BCUT2D eigenvalue weighted by Gasteiger charge is 2.30. The molecule has 1 atom stereocenters. The van der Waals surface area contributed by atoms with E-state index in [0.29, 0.717) is 35.7 Å². The third-order valence-electron chi connectivity index (χ3n) is 5.40. The Morgan fingerprint density at radius 1 is 1.10 bits per heavy atom. The summed E-state index contributed by atoms with van der Waals surface area (Å²) < 4.78 is 33.2. The lowest BCUT2D eigenvalue weighted by Crippen LogP contribution is -2.48. The van der Waals surface area contributed by atoms with Crippen LogP contribution in [0.3, 0.4) is 0 Å². The van der Waals surface area contributed by atoms with E-state index in [4.69, 9.17) is 4.74 Å². The van der Waals surface area contributed by atoms with Crippen molar-refractivity contribution in [2.24, 2.45) is 0 Å². The highest BCUT2D eigenvalue weighted by atomic mass is 32.3. The zero-order valence-electron chi connectivity index (χ0n) is 17.2. The Balaban J connectivity index is 1.36. The molecule has 1 amide bonds. The van der Waals surface area contributed by atoms with Crippen molar-refractivity contribution in [3.8, 4) is 16.9 Å². The Morgan fingerprint density at radius 2 is 1.84 bits per heavy atom. The molecule has 1 aliphatic rings. The number of likely N-dealkylation sites (tertiary alicyclic amines) is 1. The molecule has 1 aromatic heterocycles. The third-order valence-corrected chi connectivity index (χ3v) is 8.32. The van der Waals surface area contributed by atoms with Crippen LogP contribution in [0.5, 0.6) is 5.75 Å². The number of rotatable bonds is 6. The van der Waals surface area contributed by atoms with Gasteiger partial charge >= 0.3 is 0 Å². The molecule has 0 bridgehead atoms. The van der Waals surface area contributed by atoms with Gasteiger partial charge in [0.15, 0.2) is 10.4 Å². The molecule has 0 aliphatic carbocycles. The molecule has 2 aromatic carbocycles. The summed E-state index contributed by atoms with van der Waals surface area (Å²) >= 11 is 1.20. The largest absolute Gasteiger partial charge is 0.592 e. The number of ether oxygens (including phenoxy) is 1. The van der Waals surface area contributed by atoms with Gasteiger partial charge in [-0.25, -0.2) is 0 Å². The fourth-order valence-electron chi connectivity index (χ4n) is 3.68. The molecule has 31 heavy (non-hydrogen) atoms. The van der Waals surface area contributed by atoms with E-state index in [9.17, 15) is 13.6 Å². The Labute approximate surface area is 187 Å². The molecule has 0 spiro atoms. The maximum atomic E-state index is 12.9. The van der Waals surface area contributed by atoms with E-state index in [2.05, 4.69) is 4.72 Å². The van der Waals surface area contributed by atoms with Crippen molar-refractivity contribution in [1.82, 2.24) is 9.62 Å². The molecule has 1 aliphatic heterocycles. The summed E-state index contributed by atoms with van der Waals surface area (Å²) in [7, 11) is -1.85. The summed E-state index contributed by atoms with van der Waals surface area (Å²) in [6.07, 6.45) is 1.19. The number of piperidine rings is 1. The molecule has 1 saturated heterocycles. The zero-order valence-corrected chi connectivity index (χ0v) is 18.8. The Morgan fingerprint density at radius 3 is 2.48 bits per heavy atom. The number of hydrogen-bond acceptors (Lipinski definition) is 5. The SMILES string of the molecule is COc1cccc(-c2ccc(C(=O)N3CCC(N[S+](=O)([O-])c4cccs4)CC3)cc2)c1. The minimum Gasteiger partial charge on any atom is -0.592 e. The quantitative estimate of drug-likeness (QED) is 0.563. The number of carbonyl (C=O) groups excluding carboxylic acids is 1. The summed E-state index contributed by atoms with van der Waals surface area (Å²) in [4.78, 5) is 14.7. The Kier molecular flexibility index (Phi) is 6.52. The Hall–Kier alpha value is -2.52. The molecule has 0 radical (unpaired) electrons.